The number of benzene rings is 1. The Morgan fingerprint density at radius 1 is 1.33 bits per heavy atom. The lowest BCUT2D eigenvalue weighted by atomic mass is 10.1. The molecule has 18 heavy (non-hydrogen) atoms. The predicted molar refractivity (Wildman–Crippen MR) is 63.4 cm³/mol. The summed E-state index contributed by atoms with van der Waals surface area (Å²) in [5.41, 5.74) is 6.23. The first-order valence-electron chi connectivity index (χ1n) is 4.85. The summed E-state index contributed by atoms with van der Waals surface area (Å²) in [7, 11) is 0. The molecule has 0 saturated carbocycles. The van der Waals surface area contributed by atoms with Crippen molar-refractivity contribution in [3.63, 3.8) is 0 Å². The first-order chi connectivity index (χ1) is 8.50. The van der Waals surface area contributed by atoms with E-state index in [1.54, 1.807) is 6.07 Å². The first-order valence-corrected chi connectivity index (χ1v) is 6.54. The molecule has 0 unspecified atom stereocenters. The van der Waals surface area contributed by atoms with Crippen LogP contribution in [-0.4, -0.2) is 10.2 Å². The van der Waals surface area contributed by atoms with Crippen molar-refractivity contribution in [2.75, 3.05) is 0 Å². The van der Waals surface area contributed by atoms with Crippen LogP contribution in [0.1, 0.15) is 11.1 Å². The Morgan fingerprint density at radius 3 is 2.67 bits per heavy atom. The molecule has 0 spiro atoms. The summed E-state index contributed by atoms with van der Waals surface area (Å²) >= 11 is 2.42. The molecule has 1 aromatic carbocycles. The van der Waals surface area contributed by atoms with Gasteiger partial charge < -0.3 is 5.73 Å². The van der Waals surface area contributed by atoms with Gasteiger partial charge in [0.1, 0.15) is 5.51 Å². The van der Waals surface area contributed by atoms with Gasteiger partial charge in [-0.3, -0.25) is 0 Å². The van der Waals surface area contributed by atoms with Crippen LogP contribution in [0.25, 0.3) is 0 Å². The van der Waals surface area contributed by atoms with Gasteiger partial charge in [-0.15, -0.1) is 10.2 Å². The molecule has 96 valence electrons. The van der Waals surface area contributed by atoms with E-state index in [0.717, 1.165) is 17.8 Å². The van der Waals surface area contributed by atoms with Gasteiger partial charge >= 0.3 is 6.18 Å². The van der Waals surface area contributed by atoms with Crippen molar-refractivity contribution in [3.05, 3.63) is 34.8 Å². The highest BCUT2D eigenvalue weighted by Crippen LogP contribution is 2.36. The number of nitrogens with zero attached hydrogens (tertiary/aromatic N) is 2. The Labute approximate surface area is 109 Å². The van der Waals surface area contributed by atoms with Crippen LogP contribution >= 0.6 is 23.1 Å². The fraction of sp³-hybridized carbons (Fsp3) is 0.200. The van der Waals surface area contributed by atoms with E-state index in [2.05, 4.69) is 10.2 Å². The predicted octanol–water partition coefficient (Wildman–Crippen LogP) is 3.17. The number of hydrogen-bond acceptors (Lipinski definition) is 5. The summed E-state index contributed by atoms with van der Waals surface area (Å²) < 4.78 is 39.0. The maximum Gasteiger partial charge on any atom is 0.416 e. The minimum atomic E-state index is -4.40. The topological polar surface area (TPSA) is 51.8 Å². The fourth-order valence-electron chi connectivity index (χ4n) is 1.37. The SMILES string of the molecule is NCc1ccc(Sc2nncs2)cc1C(F)(F)F. The van der Waals surface area contributed by atoms with E-state index < -0.39 is 11.7 Å². The van der Waals surface area contributed by atoms with Crippen molar-refractivity contribution in [2.24, 2.45) is 5.73 Å². The van der Waals surface area contributed by atoms with E-state index in [1.807, 2.05) is 0 Å². The number of nitrogens with two attached hydrogens (primary N) is 1. The molecule has 2 rings (SSSR count). The van der Waals surface area contributed by atoms with E-state index >= 15 is 0 Å². The average molecular weight is 291 g/mol. The van der Waals surface area contributed by atoms with Crippen molar-refractivity contribution >= 4 is 23.1 Å². The molecule has 2 N–H and O–H groups in total. The molecule has 0 bridgehead atoms. The van der Waals surface area contributed by atoms with Gasteiger partial charge in [-0.05, 0) is 17.7 Å². The fourth-order valence-corrected chi connectivity index (χ4v) is 2.86. The zero-order valence-electron chi connectivity index (χ0n) is 8.94. The second-order valence-electron chi connectivity index (χ2n) is 3.33. The van der Waals surface area contributed by atoms with E-state index in [-0.39, 0.29) is 12.1 Å². The van der Waals surface area contributed by atoms with Crippen LogP contribution in [0.4, 0.5) is 13.2 Å². The zero-order valence-corrected chi connectivity index (χ0v) is 10.6. The maximum atomic E-state index is 12.8. The van der Waals surface area contributed by atoms with E-state index in [4.69, 9.17) is 5.73 Å². The summed E-state index contributed by atoms with van der Waals surface area (Å²) in [4.78, 5) is 0.469. The Balaban J connectivity index is 2.34. The lowest BCUT2D eigenvalue weighted by Crippen LogP contribution is -2.11. The van der Waals surface area contributed by atoms with Crippen LogP contribution < -0.4 is 5.73 Å². The number of rotatable bonds is 3. The zero-order chi connectivity index (χ0) is 13.2. The van der Waals surface area contributed by atoms with Gasteiger partial charge in [-0.25, -0.2) is 0 Å². The molecule has 0 atom stereocenters. The summed E-state index contributed by atoms with van der Waals surface area (Å²) in [6, 6.07) is 4.09. The number of hydrogen-bond donors (Lipinski definition) is 1. The third-order valence-corrected chi connectivity index (χ3v) is 3.92. The highest BCUT2D eigenvalue weighted by Gasteiger charge is 2.33. The lowest BCUT2D eigenvalue weighted by Gasteiger charge is -2.12. The van der Waals surface area contributed by atoms with Crippen molar-refractivity contribution in [1.82, 2.24) is 10.2 Å². The van der Waals surface area contributed by atoms with Crippen LogP contribution in [0.5, 0.6) is 0 Å². The van der Waals surface area contributed by atoms with Gasteiger partial charge in [0.15, 0.2) is 4.34 Å². The smallest absolute Gasteiger partial charge is 0.326 e. The molecular formula is C10H8F3N3S2. The maximum absolute atomic E-state index is 12.8. The second-order valence-corrected chi connectivity index (χ2v) is 5.48. The molecule has 0 aliphatic carbocycles. The van der Waals surface area contributed by atoms with Crippen LogP contribution in [-0.2, 0) is 12.7 Å². The summed E-state index contributed by atoms with van der Waals surface area (Å²) in [5, 5.41) is 7.40. The van der Waals surface area contributed by atoms with Crippen molar-refractivity contribution in [2.45, 2.75) is 22.0 Å². The largest absolute Gasteiger partial charge is 0.416 e. The van der Waals surface area contributed by atoms with Crippen LogP contribution in [0, 0.1) is 0 Å². The van der Waals surface area contributed by atoms with Crippen molar-refractivity contribution in [3.8, 4) is 0 Å². The van der Waals surface area contributed by atoms with E-state index in [1.165, 1.54) is 22.9 Å². The highest BCUT2D eigenvalue weighted by molar-refractivity contribution is 8.01. The van der Waals surface area contributed by atoms with Gasteiger partial charge in [-0.1, -0.05) is 29.2 Å². The monoisotopic (exact) mass is 291 g/mol. The van der Waals surface area contributed by atoms with Crippen molar-refractivity contribution in [1.29, 1.82) is 0 Å². The van der Waals surface area contributed by atoms with Crippen LogP contribution in [0.2, 0.25) is 0 Å². The molecule has 0 aliphatic heterocycles. The standard InChI is InChI=1S/C10H8F3N3S2/c11-10(12,13)8-3-7(2-1-6(8)4-14)18-9-16-15-5-17-9/h1-3,5H,4,14H2. The molecule has 3 nitrogen and oxygen atoms in total. The number of halogens is 3. The van der Waals surface area contributed by atoms with Crippen LogP contribution in [0.15, 0.2) is 32.9 Å². The van der Waals surface area contributed by atoms with Gasteiger partial charge in [0.25, 0.3) is 0 Å². The van der Waals surface area contributed by atoms with Crippen molar-refractivity contribution < 1.29 is 13.2 Å². The minimum absolute atomic E-state index is 0.0871. The molecular weight excluding hydrogens is 283 g/mol. The first kappa shape index (κ1) is 13.3. The Morgan fingerprint density at radius 2 is 2.11 bits per heavy atom. The Hall–Kier alpha value is -1.12. The summed E-state index contributed by atoms with van der Waals surface area (Å²) in [6.07, 6.45) is -4.40. The number of aromatic nitrogens is 2. The molecule has 0 radical (unpaired) electrons. The third-order valence-electron chi connectivity index (χ3n) is 2.15. The average Bonchev–Trinajstić information content (AvgIpc) is 2.80. The van der Waals surface area contributed by atoms with Gasteiger partial charge in [-0.2, -0.15) is 13.2 Å². The van der Waals surface area contributed by atoms with Gasteiger partial charge in [0, 0.05) is 11.4 Å². The normalized spacial score (nSPS) is 11.8. The third kappa shape index (κ3) is 3.01. The summed E-state index contributed by atoms with van der Waals surface area (Å²) in [5.74, 6) is 0. The quantitative estimate of drug-likeness (QED) is 0.943. The van der Waals surface area contributed by atoms with Gasteiger partial charge in [0.2, 0.25) is 0 Å². The molecule has 0 amide bonds. The molecule has 0 fully saturated rings. The molecule has 1 aromatic heterocycles. The Kier molecular flexibility index (Phi) is 3.88. The molecule has 8 heteroatoms. The highest BCUT2D eigenvalue weighted by atomic mass is 32.2. The molecule has 0 saturated heterocycles. The van der Waals surface area contributed by atoms with E-state index in [0.29, 0.717) is 9.24 Å². The Bertz CT molecular complexity index is 526. The van der Waals surface area contributed by atoms with Crippen LogP contribution in [0.3, 0.4) is 0 Å². The minimum Gasteiger partial charge on any atom is -0.326 e. The molecule has 2 aromatic rings. The van der Waals surface area contributed by atoms with Gasteiger partial charge in [0.05, 0.1) is 5.56 Å². The second kappa shape index (κ2) is 5.25. The summed E-state index contributed by atoms with van der Waals surface area (Å²) in [6.45, 7) is -0.140. The lowest BCUT2D eigenvalue weighted by molar-refractivity contribution is -0.138. The molecule has 0 aliphatic rings. The number of alkyl halides is 3. The van der Waals surface area contributed by atoms with E-state index in [9.17, 15) is 13.2 Å². The molecule has 1 heterocycles.